The van der Waals surface area contributed by atoms with Crippen LogP contribution in [-0.2, 0) is 4.79 Å². The number of anilines is 3. The predicted molar refractivity (Wildman–Crippen MR) is 128 cm³/mol. The molecule has 0 bridgehead atoms. The number of nitrogens with zero attached hydrogens (tertiary/aromatic N) is 4. The second-order valence-corrected chi connectivity index (χ2v) is 8.20. The van der Waals surface area contributed by atoms with Crippen molar-refractivity contribution in [2.24, 2.45) is 5.92 Å². The number of hydrogen-bond acceptors (Lipinski definition) is 6. The first-order chi connectivity index (χ1) is 15.6. The molecule has 1 saturated heterocycles. The number of aryl methyl sites for hydroxylation is 1. The van der Waals surface area contributed by atoms with E-state index in [0.29, 0.717) is 18.0 Å². The zero-order chi connectivity index (χ0) is 22.5. The summed E-state index contributed by atoms with van der Waals surface area (Å²) in [6, 6.07) is 13.8. The summed E-state index contributed by atoms with van der Waals surface area (Å²) in [4.78, 5) is 17.5. The Balaban J connectivity index is 1.40. The number of amides is 1. The van der Waals surface area contributed by atoms with Gasteiger partial charge in [0.05, 0.1) is 12.2 Å². The van der Waals surface area contributed by atoms with Crippen LogP contribution >= 0.6 is 0 Å². The summed E-state index contributed by atoms with van der Waals surface area (Å²) in [5.74, 6) is 1.46. The first-order valence-corrected chi connectivity index (χ1v) is 11.4. The third kappa shape index (κ3) is 4.77. The molecule has 0 radical (unpaired) electrons. The van der Waals surface area contributed by atoms with E-state index in [2.05, 4.69) is 51.3 Å². The molecular formula is C25H31N5O2. The molecule has 0 saturated carbocycles. The van der Waals surface area contributed by atoms with Gasteiger partial charge in [-0.1, -0.05) is 0 Å². The summed E-state index contributed by atoms with van der Waals surface area (Å²) in [6.45, 7) is 9.78. The molecule has 0 aliphatic carbocycles. The zero-order valence-electron chi connectivity index (χ0n) is 19.0. The molecule has 1 N–H and O–H groups in total. The summed E-state index contributed by atoms with van der Waals surface area (Å²) in [6.07, 6.45) is 3.44. The zero-order valence-corrected chi connectivity index (χ0v) is 19.0. The molecule has 7 heteroatoms. The molecule has 1 unspecified atom stereocenters. The first kappa shape index (κ1) is 21.9. The molecule has 7 nitrogen and oxygen atoms in total. The van der Waals surface area contributed by atoms with Crippen molar-refractivity contribution < 1.29 is 9.21 Å². The molecule has 1 aliphatic rings. The highest BCUT2D eigenvalue weighted by Crippen LogP contribution is 2.26. The first-order valence-electron chi connectivity index (χ1n) is 11.4. The third-order valence-corrected chi connectivity index (χ3v) is 6.14. The van der Waals surface area contributed by atoms with Crippen LogP contribution < -0.4 is 15.1 Å². The van der Waals surface area contributed by atoms with Crippen LogP contribution in [0.4, 0.5) is 17.2 Å². The maximum absolute atomic E-state index is 13.0. The minimum Gasteiger partial charge on any atom is -0.463 e. The van der Waals surface area contributed by atoms with E-state index in [9.17, 15) is 4.79 Å². The van der Waals surface area contributed by atoms with E-state index in [-0.39, 0.29) is 11.8 Å². The minimum atomic E-state index is -0.0860. The van der Waals surface area contributed by atoms with Crippen molar-refractivity contribution in [2.75, 3.05) is 41.3 Å². The molecule has 32 heavy (non-hydrogen) atoms. The fourth-order valence-corrected chi connectivity index (χ4v) is 4.26. The van der Waals surface area contributed by atoms with Gasteiger partial charge in [-0.15, -0.1) is 10.2 Å². The Morgan fingerprint density at radius 1 is 1.19 bits per heavy atom. The standard InChI is InChI=1S/C25H31N5O2/c1-4-29(5-2)20-10-11-21(18(3)16-20)26-25(31)19-8-6-14-30(17-19)24-13-12-22(27-28-24)23-9-7-15-32-23/h7,9-13,15-16,19H,4-6,8,14,17H2,1-3H3,(H,26,31). The summed E-state index contributed by atoms with van der Waals surface area (Å²) in [7, 11) is 0. The average molecular weight is 434 g/mol. The second kappa shape index (κ2) is 9.85. The van der Waals surface area contributed by atoms with Crippen molar-refractivity contribution in [1.29, 1.82) is 0 Å². The van der Waals surface area contributed by atoms with E-state index in [1.165, 1.54) is 5.69 Å². The van der Waals surface area contributed by atoms with Crippen molar-refractivity contribution in [2.45, 2.75) is 33.6 Å². The maximum atomic E-state index is 13.0. The van der Waals surface area contributed by atoms with Crippen LogP contribution in [0.2, 0.25) is 0 Å². The minimum absolute atomic E-state index is 0.0635. The van der Waals surface area contributed by atoms with Crippen molar-refractivity contribution in [3.63, 3.8) is 0 Å². The van der Waals surface area contributed by atoms with Gasteiger partial charge in [-0.2, -0.15) is 0 Å². The third-order valence-electron chi connectivity index (χ3n) is 6.14. The number of nitrogens with one attached hydrogen (secondary N) is 1. The molecular weight excluding hydrogens is 402 g/mol. The number of furan rings is 1. The Hall–Kier alpha value is -3.35. The number of rotatable bonds is 7. The van der Waals surface area contributed by atoms with Gasteiger partial charge in [-0.3, -0.25) is 4.79 Å². The average Bonchev–Trinajstić information content (AvgIpc) is 3.37. The van der Waals surface area contributed by atoms with Crippen molar-refractivity contribution >= 4 is 23.1 Å². The lowest BCUT2D eigenvalue weighted by Gasteiger charge is -2.32. The molecule has 168 valence electrons. The van der Waals surface area contributed by atoms with Crippen LogP contribution in [0, 0.1) is 12.8 Å². The Kier molecular flexibility index (Phi) is 6.73. The molecule has 3 heterocycles. The van der Waals surface area contributed by atoms with E-state index < -0.39 is 0 Å². The molecule has 1 amide bonds. The van der Waals surface area contributed by atoms with Gasteiger partial charge in [-0.05, 0) is 81.6 Å². The lowest BCUT2D eigenvalue weighted by molar-refractivity contribution is -0.120. The molecule has 1 aliphatic heterocycles. The van der Waals surface area contributed by atoms with Crippen LogP contribution in [0.25, 0.3) is 11.5 Å². The molecule has 0 spiro atoms. The molecule has 1 fully saturated rings. The molecule has 1 aromatic carbocycles. The van der Waals surface area contributed by atoms with Gasteiger partial charge in [-0.25, -0.2) is 0 Å². The Morgan fingerprint density at radius 3 is 2.69 bits per heavy atom. The van der Waals surface area contributed by atoms with Crippen LogP contribution in [-0.4, -0.2) is 42.3 Å². The Bertz CT molecular complexity index is 1030. The topological polar surface area (TPSA) is 74.5 Å². The normalized spacial score (nSPS) is 16.1. The van der Waals surface area contributed by atoms with Crippen LogP contribution in [0.5, 0.6) is 0 Å². The van der Waals surface area contributed by atoms with Crippen LogP contribution in [0.15, 0.2) is 53.1 Å². The number of carbonyl (C=O) groups is 1. The van der Waals surface area contributed by atoms with Gasteiger partial charge in [0.15, 0.2) is 11.6 Å². The van der Waals surface area contributed by atoms with E-state index in [1.807, 2.05) is 37.3 Å². The van der Waals surface area contributed by atoms with E-state index in [0.717, 1.165) is 49.5 Å². The molecule has 3 aromatic rings. The van der Waals surface area contributed by atoms with Gasteiger partial charge in [0.25, 0.3) is 0 Å². The van der Waals surface area contributed by atoms with E-state index in [4.69, 9.17) is 4.42 Å². The second-order valence-electron chi connectivity index (χ2n) is 8.20. The van der Waals surface area contributed by atoms with Crippen molar-refractivity contribution in [3.8, 4) is 11.5 Å². The number of aromatic nitrogens is 2. The number of hydrogen-bond donors (Lipinski definition) is 1. The largest absolute Gasteiger partial charge is 0.463 e. The fourth-order valence-electron chi connectivity index (χ4n) is 4.26. The van der Waals surface area contributed by atoms with Gasteiger partial charge in [0.2, 0.25) is 5.91 Å². The smallest absolute Gasteiger partial charge is 0.229 e. The molecule has 4 rings (SSSR count). The van der Waals surface area contributed by atoms with Gasteiger partial charge in [0.1, 0.15) is 5.69 Å². The lowest BCUT2D eigenvalue weighted by Crippen LogP contribution is -2.41. The highest BCUT2D eigenvalue weighted by Gasteiger charge is 2.27. The van der Waals surface area contributed by atoms with Crippen molar-refractivity contribution in [3.05, 3.63) is 54.3 Å². The number of carbonyl (C=O) groups excluding carboxylic acids is 1. The van der Waals surface area contributed by atoms with Gasteiger partial charge >= 0.3 is 0 Å². The fraction of sp³-hybridized carbons (Fsp3) is 0.400. The number of piperidine rings is 1. The predicted octanol–water partition coefficient (Wildman–Crippen LogP) is 4.75. The summed E-state index contributed by atoms with van der Waals surface area (Å²) < 4.78 is 5.38. The SMILES string of the molecule is CCN(CC)c1ccc(NC(=O)C2CCCN(c3ccc(-c4ccco4)nn3)C2)c(C)c1. The quantitative estimate of drug-likeness (QED) is 0.580. The summed E-state index contributed by atoms with van der Waals surface area (Å²) >= 11 is 0. The summed E-state index contributed by atoms with van der Waals surface area (Å²) in [5.41, 5.74) is 3.85. The van der Waals surface area contributed by atoms with Gasteiger partial charge in [0, 0.05) is 37.6 Å². The highest BCUT2D eigenvalue weighted by molar-refractivity contribution is 5.94. The highest BCUT2D eigenvalue weighted by atomic mass is 16.3. The van der Waals surface area contributed by atoms with Gasteiger partial charge < -0.3 is 19.5 Å². The molecule has 1 atom stereocenters. The lowest BCUT2D eigenvalue weighted by atomic mass is 9.96. The monoisotopic (exact) mass is 433 g/mol. The van der Waals surface area contributed by atoms with E-state index >= 15 is 0 Å². The number of benzene rings is 1. The van der Waals surface area contributed by atoms with Crippen molar-refractivity contribution in [1.82, 2.24) is 10.2 Å². The Labute approximate surface area is 189 Å². The van der Waals surface area contributed by atoms with Crippen LogP contribution in [0.1, 0.15) is 32.3 Å². The molecule has 2 aromatic heterocycles. The van der Waals surface area contributed by atoms with E-state index in [1.54, 1.807) is 6.26 Å². The maximum Gasteiger partial charge on any atom is 0.229 e. The summed E-state index contributed by atoms with van der Waals surface area (Å²) in [5, 5.41) is 11.8. The Morgan fingerprint density at radius 2 is 2.03 bits per heavy atom. The van der Waals surface area contributed by atoms with Crippen LogP contribution in [0.3, 0.4) is 0 Å².